The smallest absolute Gasteiger partial charge is 0.0454 e. The molecule has 3 rings (SSSR count). The first kappa shape index (κ1) is 9.04. The molecule has 0 radical (unpaired) electrons. The molecule has 1 aromatic carbocycles. The minimum absolute atomic E-state index is 1.12. The van der Waals surface area contributed by atoms with Crippen molar-refractivity contribution in [1.82, 2.24) is 10.3 Å². The predicted molar refractivity (Wildman–Crippen MR) is 67.7 cm³/mol. The van der Waals surface area contributed by atoms with E-state index in [0.29, 0.717) is 0 Å². The molecule has 78 valence electrons. The molecule has 0 saturated heterocycles. The van der Waals surface area contributed by atoms with Gasteiger partial charge in [-0.2, -0.15) is 0 Å². The maximum atomic E-state index is 3.26. The van der Waals surface area contributed by atoms with Crippen LogP contribution in [-0.4, -0.2) is 4.98 Å². The Morgan fingerprint density at radius 3 is 2.94 bits per heavy atom. The molecule has 0 spiro atoms. The average molecular weight is 208 g/mol. The van der Waals surface area contributed by atoms with Crippen LogP contribution in [0.1, 0.15) is 5.56 Å². The van der Waals surface area contributed by atoms with E-state index >= 15 is 0 Å². The molecule has 0 amide bonds. The summed E-state index contributed by atoms with van der Waals surface area (Å²) in [6.07, 6.45) is 12.0. The molecule has 0 bridgehead atoms. The molecule has 1 aromatic heterocycles. The van der Waals surface area contributed by atoms with Crippen molar-refractivity contribution in [2.24, 2.45) is 0 Å². The minimum atomic E-state index is 1.12. The molecule has 0 unspecified atom stereocenters. The largest absolute Gasteiger partial charge is 0.361 e. The number of fused-ring (bicyclic) bond motifs is 1. The Labute approximate surface area is 94.0 Å². The minimum Gasteiger partial charge on any atom is -0.361 e. The first-order valence-electron chi connectivity index (χ1n) is 5.31. The highest BCUT2D eigenvalue weighted by atomic mass is 14.8. The van der Waals surface area contributed by atoms with Gasteiger partial charge in [-0.25, -0.2) is 0 Å². The van der Waals surface area contributed by atoms with Crippen molar-refractivity contribution >= 4 is 16.6 Å². The molecule has 2 aromatic rings. The van der Waals surface area contributed by atoms with E-state index in [2.05, 4.69) is 40.6 Å². The van der Waals surface area contributed by atoms with Gasteiger partial charge in [-0.3, -0.25) is 0 Å². The fourth-order valence-corrected chi connectivity index (χ4v) is 1.86. The quantitative estimate of drug-likeness (QED) is 0.740. The fraction of sp³-hybridized carbons (Fsp3) is 0. The Morgan fingerprint density at radius 2 is 1.94 bits per heavy atom. The molecule has 2 nitrogen and oxygen atoms in total. The Balaban J connectivity index is 2.08. The highest BCUT2D eigenvalue weighted by Gasteiger charge is 2.01. The van der Waals surface area contributed by atoms with Crippen molar-refractivity contribution in [2.75, 3.05) is 0 Å². The number of benzene rings is 1. The summed E-state index contributed by atoms with van der Waals surface area (Å²) < 4.78 is 0. The van der Waals surface area contributed by atoms with Gasteiger partial charge in [0, 0.05) is 29.0 Å². The van der Waals surface area contributed by atoms with Gasteiger partial charge < -0.3 is 10.3 Å². The van der Waals surface area contributed by atoms with Crippen LogP contribution in [0.5, 0.6) is 0 Å². The normalized spacial score (nSPS) is 14.6. The Kier molecular flexibility index (Phi) is 2.11. The van der Waals surface area contributed by atoms with Gasteiger partial charge in [-0.15, -0.1) is 0 Å². The van der Waals surface area contributed by atoms with Crippen LogP contribution in [0.2, 0.25) is 0 Å². The highest BCUT2D eigenvalue weighted by molar-refractivity contribution is 5.84. The highest BCUT2D eigenvalue weighted by Crippen LogP contribution is 2.19. The Bertz CT molecular complexity index is 600. The number of nitrogens with one attached hydrogen (secondary N) is 2. The molecular formula is C14H12N2. The van der Waals surface area contributed by atoms with E-state index in [-0.39, 0.29) is 0 Å². The maximum absolute atomic E-state index is 3.26. The monoisotopic (exact) mass is 208 g/mol. The predicted octanol–water partition coefficient (Wildman–Crippen LogP) is 3.18. The van der Waals surface area contributed by atoms with Gasteiger partial charge in [0.25, 0.3) is 0 Å². The third-order valence-electron chi connectivity index (χ3n) is 2.68. The van der Waals surface area contributed by atoms with Crippen molar-refractivity contribution in [3.05, 3.63) is 66.5 Å². The second kappa shape index (κ2) is 3.74. The summed E-state index contributed by atoms with van der Waals surface area (Å²) >= 11 is 0. The first-order valence-corrected chi connectivity index (χ1v) is 5.31. The van der Waals surface area contributed by atoms with Crippen molar-refractivity contribution in [3.8, 4) is 0 Å². The van der Waals surface area contributed by atoms with E-state index in [9.17, 15) is 0 Å². The first-order chi connectivity index (χ1) is 7.93. The van der Waals surface area contributed by atoms with Crippen LogP contribution in [0, 0.1) is 0 Å². The van der Waals surface area contributed by atoms with Gasteiger partial charge in [0.15, 0.2) is 0 Å². The van der Waals surface area contributed by atoms with Gasteiger partial charge in [-0.1, -0.05) is 18.2 Å². The van der Waals surface area contributed by atoms with Gasteiger partial charge in [0.2, 0.25) is 0 Å². The second-order valence-corrected chi connectivity index (χ2v) is 3.75. The molecule has 2 N–H and O–H groups in total. The van der Waals surface area contributed by atoms with Crippen molar-refractivity contribution < 1.29 is 0 Å². The third kappa shape index (κ3) is 1.54. The van der Waals surface area contributed by atoms with Crippen molar-refractivity contribution in [1.29, 1.82) is 0 Å². The lowest BCUT2D eigenvalue weighted by molar-refractivity contribution is 1.22. The Morgan fingerprint density at radius 1 is 0.938 bits per heavy atom. The van der Waals surface area contributed by atoms with E-state index in [1.807, 2.05) is 30.6 Å². The molecule has 0 fully saturated rings. The molecule has 2 heterocycles. The summed E-state index contributed by atoms with van der Waals surface area (Å²) in [5.74, 6) is 0. The van der Waals surface area contributed by atoms with Crippen LogP contribution < -0.4 is 5.32 Å². The zero-order valence-electron chi connectivity index (χ0n) is 8.77. The van der Waals surface area contributed by atoms with Gasteiger partial charge in [0.05, 0.1) is 0 Å². The average Bonchev–Trinajstić information content (AvgIpc) is 2.61. The number of hydrogen-bond donors (Lipinski definition) is 2. The summed E-state index contributed by atoms with van der Waals surface area (Å²) in [5.41, 5.74) is 3.49. The number of allylic oxidation sites excluding steroid dienone is 4. The number of rotatable bonds is 1. The topological polar surface area (TPSA) is 27.8 Å². The summed E-state index contributed by atoms with van der Waals surface area (Å²) in [6.45, 7) is 0. The van der Waals surface area contributed by atoms with Gasteiger partial charge in [-0.05, 0) is 35.9 Å². The lowest BCUT2D eigenvalue weighted by Gasteiger charge is -2.06. The SMILES string of the molecule is C1=CC=C(c2ccc3[nH]ccc3c2)NC=C1. The molecule has 0 atom stereocenters. The third-order valence-corrected chi connectivity index (χ3v) is 2.68. The van der Waals surface area contributed by atoms with Gasteiger partial charge >= 0.3 is 0 Å². The van der Waals surface area contributed by atoms with E-state index in [1.54, 1.807) is 0 Å². The molecule has 1 aliphatic rings. The fourth-order valence-electron chi connectivity index (χ4n) is 1.86. The van der Waals surface area contributed by atoms with Crippen molar-refractivity contribution in [2.45, 2.75) is 0 Å². The molecule has 0 saturated carbocycles. The number of aromatic nitrogens is 1. The number of H-pyrrole nitrogens is 1. The number of hydrogen-bond acceptors (Lipinski definition) is 1. The number of aromatic amines is 1. The van der Waals surface area contributed by atoms with Crippen LogP contribution in [-0.2, 0) is 0 Å². The van der Waals surface area contributed by atoms with Crippen molar-refractivity contribution in [3.63, 3.8) is 0 Å². The van der Waals surface area contributed by atoms with Crippen LogP contribution in [0.3, 0.4) is 0 Å². The van der Waals surface area contributed by atoms with Crippen LogP contribution in [0.15, 0.2) is 61.0 Å². The summed E-state index contributed by atoms with van der Waals surface area (Å²) in [6, 6.07) is 8.48. The lowest BCUT2D eigenvalue weighted by atomic mass is 10.1. The van der Waals surface area contributed by atoms with Crippen LogP contribution >= 0.6 is 0 Å². The lowest BCUT2D eigenvalue weighted by Crippen LogP contribution is -2.02. The van der Waals surface area contributed by atoms with Crippen LogP contribution in [0.25, 0.3) is 16.6 Å². The molecule has 2 heteroatoms. The Hall–Kier alpha value is -2.22. The van der Waals surface area contributed by atoms with Crippen LogP contribution in [0.4, 0.5) is 0 Å². The van der Waals surface area contributed by atoms with E-state index in [0.717, 1.165) is 5.70 Å². The molecule has 16 heavy (non-hydrogen) atoms. The zero-order valence-corrected chi connectivity index (χ0v) is 8.77. The zero-order chi connectivity index (χ0) is 10.8. The second-order valence-electron chi connectivity index (χ2n) is 3.75. The molecular weight excluding hydrogens is 196 g/mol. The molecule has 1 aliphatic heterocycles. The summed E-state index contributed by atoms with van der Waals surface area (Å²) in [5, 5.41) is 4.50. The summed E-state index contributed by atoms with van der Waals surface area (Å²) in [7, 11) is 0. The standard InChI is InChI=1S/C14H12N2/c1-2-4-13(15-8-3-1)11-5-6-14-12(10-11)7-9-16-14/h1-10,15-16H. The van der Waals surface area contributed by atoms with E-state index in [4.69, 9.17) is 0 Å². The van der Waals surface area contributed by atoms with E-state index in [1.165, 1.54) is 16.5 Å². The van der Waals surface area contributed by atoms with E-state index < -0.39 is 0 Å². The maximum Gasteiger partial charge on any atom is 0.0454 e. The molecule has 0 aliphatic carbocycles. The summed E-state index contributed by atoms with van der Waals surface area (Å²) in [4.78, 5) is 3.19. The van der Waals surface area contributed by atoms with Gasteiger partial charge in [0.1, 0.15) is 0 Å².